The van der Waals surface area contributed by atoms with Crippen LogP contribution in [0.5, 0.6) is 0 Å². The van der Waals surface area contributed by atoms with Gasteiger partial charge in [0.05, 0.1) is 11.0 Å². The van der Waals surface area contributed by atoms with Crippen LogP contribution in [-0.4, -0.2) is 20.9 Å². The molecule has 0 unspecified atom stereocenters. The predicted molar refractivity (Wildman–Crippen MR) is 81.7 cm³/mol. The van der Waals surface area contributed by atoms with Gasteiger partial charge in [0.1, 0.15) is 10.3 Å². The number of hydrogen-bond donors (Lipinski definition) is 1. The SMILES string of the molecule is O=C(Nc1ccc2nccnc2c1)c1cc(Cl)nc(Cl)c1. The average molecular weight is 319 g/mol. The number of carbonyl (C=O) groups is 1. The summed E-state index contributed by atoms with van der Waals surface area (Å²) in [6.45, 7) is 0. The Hall–Kier alpha value is -2.24. The van der Waals surface area contributed by atoms with E-state index in [9.17, 15) is 4.79 Å². The molecule has 0 aliphatic rings. The van der Waals surface area contributed by atoms with Gasteiger partial charge in [-0.15, -0.1) is 0 Å². The maximum atomic E-state index is 12.2. The average Bonchev–Trinajstić information content (AvgIpc) is 2.46. The third-order valence-electron chi connectivity index (χ3n) is 2.75. The summed E-state index contributed by atoms with van der Waals surface area (Å²) < 4.78 is 0. The molecule has 0 aliphatic heterocycles. The van der Waals surface area contributed by atoms with E-state index in [1.54, 1.807) is 30.6 Å². The van der Waals surface area contributed by atoms with E-state index >= 15 is 0 Å². The van der Waals surface area contributed by atoms with E-state index in [-0.39, 0.29) is 16.2 Å². The topological polar surface area (TPSA) is 67.8 Å². The number of aromatic nitrogens is 3. The molecule has 0 spiro atoms. The molecule has 1 amide bonds. The predicted octanol–water partition coefficient (Wildman–Crippen LogP) is 3.58. The maximum Gasteiger partial charge on any atom is 0.255 e. The fourth-order valence-corrected chi connectivity index (χ4v) is 2.30. The fraction of sp³-hybridized carbons (Fsp3) is 0. The quantitative estimate of drug-likeness (QED) is 0.733. The number of halogens is 2. The Morgan fingerprint density at radius 2 is 1.62 bits per heavy atom. The summed E-state index contributed by atoms with van der Waals surface area (Å²) >= 11 is 11.6. The Kier molecular flexibility index (Phi) is 3.68. The van der Waals surface area contributed by atoms with Gasteiger partial charge in [-0.2, -0.15) is 0 Å². The van der Waals surface area contributed by atoms with Crippen LogP contribution in [-0.2, 0) is 0 Å². The van der Waals surface area contributed by atoms with Crippen LogP contribution in [0, 0.1) is 0 Å². The highest BCUT2D eigenvalue weighted by Crippen LogP contribution is 2.18. The molecular formula is C14H8Cl2N4O. The third kappa shape index (κ3) is 3.09. The molecule has 1 N–H and O–H groups in total. The summed E-state index contributed by atoms with van der Waals surface area (Å²) in [5.41, 5.74) is 2.39. The molecule has 3 rings (SSSR count). The van der Waals surface area contributed by atoms with Gasteiger partial charge in [-0.3, -0.25) is 14.8 Å². The smallest absolute Gasteiger partial charge is 0.255 e. The molecule has 1 aromatic carbocycles. The molecule has 0 aliphatic carbocycles. The van der Waals surface area contributed by atoms with Crippen molar-refractivity contribution in [2.75, 3.05) is 5.32 Å². The van der Waals surface area contributed by atoms with Crippen LogP contribution < -0.4 is 5.32 Å². The zero-order valence-corrected chi connectivity index (χ0v) is 12.1. The molecule has 104 valence electrons. The molecule has 0 saturated heterocycles. The minimum atomic E-state index is -0.329. The number of pyridine rings is 1. The van der Waals surface area contributed by atoms with E-state index in [0.717, 1.165) is 5.52 Å². The van der Waals surface area contributed by atoms with Gasteiger partial charge < -0.3 is 5.32 Å². The first-order valence-corrected chi connectivity index (χ1v) is 6.72. The lowest BCUT2D eigenvalue weighted by atomic mass is 10.2. The number of benzene rings is 1. The zero-order chi connectivity index (χ0) is 14.8. The Morgan fingerprint density at radius 1 is 0.952 bits per heavy atom. The van der Waals surface area contributed by atoms with E-state index < -0.39 is 0 Å². The number of fused-ring (bicyclic) bond motifs is 1. The number of carbonyl (C=O) groups excluding carboxylic acids is 1. The highest BCUT2D eigenvalue weighted by molar-refractivity contribution is 6.33. The van der Waals surface area contributed by atoms with E-state index in [1.807, 2.05) is 0 Å². The molecule has 0 radical (unpaired) electrons. The van der Waals surface area contributed by atoms with E-state index in [0.29, 0.717) is 16.8 Å². The van der Waals surface area contributed by atoms with Crippen LogP contribution in [0.4, 0.5) is 5.69 Å². The molecule has 2 heterocycles. The Morgan fingerprint density at radius 3 is 2.33 bits per heavy atom. The van der Waals surface area contributed by atoms with E-state index in [2.05, 4.69) is 20.3 Å². The molecule has 0 saturated carbocycles. The second kappa shape index (κ2) is 5.63. The monoisotopic (exact) mass is 318 g/mol. The third-order valence-corrected chi connectivity index (χ3v) is 3.14. The number of nitrogens with zero attached hydrogens (tertiary/aromatic N) is 3. The lowest BCUT2D eigenvalue weighted by Crippen LogP contribution is -2.12. The summed E-state index contributed by atoms with van der Waals surface area (Å²) in [6.07, 6.45) is 3.21. The standard InChI is InChI=1S/C14H8Cl2N4O/c15-12-5-8(6-13(16)20-12)14(21)19-9-1-2-10-11(7-9)18-4-3-17-10/h1-7H,(H,19,21). The Balaban J connectivity index is 1.88. The van der Waals surface area contributed by atoms with Gasteiger partial charge in [0.2, 0.25) is 0 Å². The van der Waals surface area contributed by atoms with Crippen LogP contribution in [0.2, 0.25) is 10.3 Å². The highest BCUT2D eigenvalue weighted by atomic mass is 35.5. The van der Waals surface area contributed by atoms with Crippen molar-refractivity contribution in [3.63, 3.8) is 0 Å². The summed E-state index contributed by atoms with van der Waals surface area (Å²) in [5, 5.41) is 3.08. The maximum absolute atomic E-state index is 12.2. The first kappa shape index (κ1) is 13.7. The molecule has 0 fully saturated rings. The van der Waals surface area contributed by atoms with Crippen LogP contribution in [0.25, 0.3) is 11.0 Å². The number of hydrogen-bond acceptors (Lipinski definition) is 4. The first-order valence-electron chi connectivity index (χ1n) is 5.97. The van der Waals surface area contributed by atoms with Crippen LogP contribution >= 0.6 is 23.2 Å². The van der Waals surface area contributed by atoms with Gasteiger partial charge in [0.15, 0.2) is 0 Å². The normalized spacial score (nSPS) is 10.6. The molecule has 7 heteroatoms. The second-order valence-electron chi connectivity index (χ2n) is 4.22. The Labute approximate surface area is 130 Å². The largest absolute Gasteiger partial charge is 0.322 e. The van der Waals surface area contributed by atoms with Gasteiger partial charge in [0.25, 0.3) is 5.91 Å². The first-order chi connectivity index (χ1) is 10.1. The summed E-state index contributed by atoms with van der Waals surface area (Å²) in [5.74, 6) is -0.329. The summed E-state index contributed by atoms with van der Waals surface area (Å²) in [4.78, 5) is 24.3. The molecule has 2 aromatic heterocycles. The molecule has 0 bridgehead atoms. The zero-order valence-electron chi connectivity index (χ0n) is 10.5. The summed E-state index contributed by atoms with van der Waals surface area (Å²) in [6, 6.07) is 8.17. The van der Waals surface area contributed by atoms with Crippen molar-refractivity contribution in [2.45, 2.75) is 0 Å². The van der Waals surface area contributed by atoms with Crippen molar-refractivity contribution in [3.8, 4) is 0 Å². The van der Waals surface area contributed by atoms with Crippen LogP contribution in [0.1, 0.15) is 10.4 Å². The molecule has 0 atom stereocenters. The number of nitrogens with one attached hydrogen (secondary N) is 1. The van der Waals surface area contributed by atoms with Gasteiger partial charge in [-0.05, 0) is 30.3 Å². The van der Waals surface area contributed by atoms with Crippen molar-refractivity contribution in [3.05, 3.63) is 58.6 Å². The van der Waals surface area contributed by atoms with Crippen LogP contribution in [0.15, 0.2) is 42.7 Å². The highest BCUT2D eigenvalue weighted by Gasteiger charge is 2.09. The van der Waals surface area contributed by atoms with E-state index in [1.165, 1.54) is 12.1 Å². The molecular weight excluding hydrogens is 311 g/mol. The van der Waals surface area contributed by atoms with Gasteiger partial charge in [-0.25, -0.2) is 4.98 Å². The van der Waals surface area contributed by atoms with Gasteiger partial charge in [-0.1, -0.05) is 23.2 Å². The van der Waals surface area contributed by atoms with Crippen LogP contribution in [0.3, 0.4) is 0 Å². The summed E-state index contributed by atoms with van der Waals surface area (Å²) in [7, 11) is 0. The van der Waals surface area contributed by atoms with E-state index in [4.69, 9.17) is 23.2 Å². The second-order valence-corrected chi connectivity index (χ2v) is 4.99. The fourth-order valence-electron chi connectivity index (χ4n) is 1.84. The number of anilines is 1. The van der Waals surface area contributed by atoms with Crippen molar-refractivity contribution in [1.29, 1.82) is 0 Å². The van der Waals surface area contributed by atoms with Crippen molar-refractivity contribution in [2.24, 2.45) is 0 Å². The van der Waals surface area contributed by atoms with Gasteiger partial charge in [0, 0.05) is 23.6 Å². The number of amides is 1. The van der Waals surface area contributed by atoms with Crippen molar-refractivity contribution < 1.29 is 4.79 Å². The minimum absolute atomic E-state index is 0.164. The van der Waals surface area contributed by atoms with Crippen molar-refractivity contribution >= 4 is 45.8 Å². The lowest BCUT2D eigenvalue weighted by Gasteiger charge is -2.06. The van der Waals surface area contributed by atoms with Gasteiger partial charge >= 0.3 is 0 Å². The molecule has 3 aromatic rings. The van der Waals surface area contributed by atoms with Crippen molar-refractivity contribution in [1.82, 2.24) is 15.0 Å². The molecule has 5 nitrogen and oxygen atoms in total. The molecule has 21 heavy (non-hydrogen) atoms. The Bertz CT molecular complexity index is 818. The lowest BCUT2D eigenvalue weighted by molar-refractivity contribution is 0.102. The number of rotatable bonds is 2. The minimum Gasteiger partial charge on any atom is -0.322 e.